The summed E-state index contributed by atoms with van der Waals surface area (Å²) in [6.45, 7) is 1.82. The molecule has 0 radical (unpaired) electrons. The zero-order chi connectivity index (χ0) is 19.8. The Hall–Kier alpha value is -3.04. The van der Waals surface area contributed by atoms with E-state index in [0.717, 1.165) is 0 Å². The van der Waals surface area contributed by atoms with E-state index in [1.54, 1.807) is 29.3 Å². The van der Waals surface area contributed by atoms with Crippen LogP contribution in [0.5, 0.6) is 0 Å². The topological polar surface area (TPSA) is 91.5 Å². The molecule has 0 spiro atoms. The minimum Gasteiger partial charge on any atom is -0.371 e. The van der Waals surface area contributed by atoms with Crippen molar-refractivity contribution in [3.63, 3.8) is 0 Å². The smallest absolute Gasteiger partial charge is 0.261 e. The van der Waals surface area contributed by atoms with E-state index in [-0.39, 0.29) is 36.3 Å². The van der Waals surface area contributed by atoms with Crippen LogP contribution < -0.4 is 5.56 Å². The molecular formula is C20H21N5O4. The fourth-order valence-electron chi connectivity index (χ4n) is 3.90. The molecule has 2 aliphatic rings. The Bertz CT molecular complexity index is 1060. The number of carbonyl (C=O) groups excluding carboxylic acids is 1. The highest BCUT2D eigenvalue weighted by molar-refractivity contribution is 5.79. The SMILES string of the molecule is O=C(Cn1cnc2ccccc2c1=O)N1C[C@@H]2OCC(n3cccn3)CO[C@H]2C1. The molecule has 0 saturated carbocycles. The van der Waals surface area contributed by atoms with Crippen molar-refractivity contribution in [3.05, 3.63) is 59.4 Å². The van der Waals surface area contributed by atoms with Crippen LogP contribution in [0, 0.1) is 0 Å². The second-order valence-electron chi connectivity index (χ2n) is 7.38. The molecule has 2 saturated heterocycles. The van der Waals surface area contributed by atoms with Gasteiger partial charge in [0, 0.05) is 25.5 Å². The Kier molecular flexibility index (Phi) is 4.61. The van der Waals surface area contributed by atoms with E-state index in [4.69, 9.17) is 9.47 Å². The summed E-state index contributed by atoms with van der Waals surface area (Å²) < 4.78 is 15.2. The predicted octanol–water partition coefficient (Wildman–Crippen LogP) is 0.460. The Balaban J connectivity index is 1.25. The molecule has 2 aliphatic heterocycles. The zero-order valence-corrected chi connectivity index (χ0v) is 15.8. The summed E-state index contributed by atoms with van der Waals surface area (Å²) in [6.07, 6.45) is 4.70. The molecule has 29 heavy (non-hydrogen) atoms. The second kappa shape index (κ2) is 7.41. The standard InChI is InChI=1S/C20H21N5O4/c26-19(10-24-13-21-16-5-2-1-4-15(16)20(24)27)23-8-17-18(9-23)29-12-14(11-28-17)25-7-3-6-22-25/h1-7,13-14,17-18H,8-12H2/t17-,18-/m0/s1. The number of para-hydroxylation sites is 1. The van der Waals surface area contributed by atoms with E-state index >= 15 is 0 Å². The number of likely N-dealkylation sites (tertiary alicyclic amines) is 1. The highest BCUT2D eigenvalue weighted by atomic mass is 16.6. The van der Waals surface area contributed by atoms with Crippen molar-refractivity contribution in [2.75, 3.05) is 26.3 Å². The summed E-state index contributed by atoms with van der Waals surface area (Å²) in [4.78, 5) is 31.4. The van der Waals surface area contributed by atoms with Crippen LogP contribution in [-0.2, 0) is 20.8 Å². The molecule has 150 valence electrons. The van der Waals surface area contributed by atoms with Crippen LogP contribution in [0.25, 0.3) is 10.9 Å². The number of aromatic nitrogens is 4. The van der Waals surface area contributed by atoms with E-state index in [2.05, 4.69) is 10.1 Å². The van der Waals surface area contributed by atoms with Crippen LogP contribution >= 0.6 is 0 Å². The van der Waals surface area contributed by atoms with E-state index in [9.17, 15) is 9.59 Å². The van der Waals surface area contributed by atoms with E-state index in [1.165, 1.54) is 10.9 Å². The summed E-state index contributed by atoms with van der Waals surface area (Å²) in [5.74, 6) is -0.145. The van der Waals surface area contributed by atoms with Gasteiger partial charge in [-0.15, -0.1) is 0 Å². The number of hydrogen-bond donors (Lipinski definition) is 0. The third-order valence-electron chi connectivity index (χ3n) is 5.51. The summed E-state index contributed by atoms with van der Waals surface area (Å²) in [5, 5.41) is 4.75. The number of nitrogens with zero attached hydrogens (tertiary/aromatic N) is 5. The molecule has 0 unspecified atom stereocenters. The van der Waals surface area contributed by atoms with Gasteiger partial charge in [0.15, 0.2) is 0 Å². The van der Waals surface area contributed by atoms with Crippen LogP contribution in [0.2, 0.25) is 0 Å². The average molecular weight is 395 g/mol. The van der Waals surface area contributed by atoms with Crippen molar-refractivity contribution < 1.29 is 14.3 Å². The maximum atomic E-state index is 12.8. The number of carbonyl (C=O) groups is 1. The number of amides is 1. The van der Waals surface area contributed by atoms with Gasteiger partial charge in [0.05, 0.1) is 36.5 Å². The lowest BCUT2D eigenvalue weighted by Crippen LogP contribution is -2.36. The fraction of sp³-hybridized carbons (Fsp3) is 0.400. The van der Waals surface area contributed by atoms with Crippen LogP contribution in [0.3, 0.4) is 0 Å². The third kappa shape index (κ3) is 3.43. The summed E-state index contributed by atoms with van der Waals surface area (Å²) in [5.41, 5.74) is 0.408. The minimum atomic E-state index is -0.216. The maximum absolute atomic E-state index is 12.8. The third-order valence-corrected chi connectivity index (χ3v) is 5.51. The lowest BCUT2D eigenvalue weighted by atomic mass is 10.2. The monoisotopic (exact) mass is 395 g/mol. The van der Waals surface area contributed by atoms with Gasteiger partial charge in [-0.25, -0.2) is 4.98 Å². The van der Waals surface area contributed by atoms with Crippen LogP contribution in [0.15, 0.2) is 53.8 Å². The van der Waals surface area contributed by atoms with Gasteiger partial charge in [0.1, 0.15) is 18.8 Å². The second-order valence-corrected chi connectivity index (χ2v) is 7.38. The highest BCUT2D eigenvalue weighted by Gasteiger charge is 2.39. The van der Waals surface area contributed by atoms with Crippen molar-refractivity contribution in [3.8, 4) is 0 Å². The number of benzene rings is 1. The molecule has 0 N–H and O–H groups in total. The van der Waals surface area contributed by atoms with Crippen LogP contribution in [-0.4, -0.2) is 68.6 Å². The molecule has 1 aromatic carbocycles. The van der Waals surface area contributed by atoms with Gasteiger partial charge in [-0.05, 0) is 18.2 Å². The van der Waals surface area contributed by atoms with E-state index in [0.29, 0.717) is 37.2 Å². The van der Waals surface area contributed by atoms with Crippen LogP contribution in [0.4, 0.5) is 0 Å². The zero-order valence-electron chi connectivity index (χ0n) is 15.8. The van der Waals surface area contributed by atoms with Crippen molar-refractivity contribution in [2.24, 2.45) is 0 Å². The molecule has 3 aromatic rings. The maximum Gasteiger partial charge on any atom is 0.261 e. The van der Waals surface area contributed by atoms with Gasteiger partial charge in [0.2, 0.25) is 5.91 Å². The number of ether oxygens (including phenoxy) is 2. The molecular weight excluding hydrogens is 374 g/mol. The van der Waals surface area contributed by atoms with Crippen molar-refractivity contribution in [1.29, 1.82) is 0 Å². The molecule has 1 amide bonds. The molecule has 4 heterocycles. The Labute approximate surface area is 166 Å². The molecule has 0 bridgehead atoms. The summed E-state index contributed by atoms with van der Waals surface area (Å²) >= 11 is 0. The minimum absolute atomic E-state index is 0.0296. The van der Waals surface area contributed by atoms with Crippen molar-refractivity contribution in [1.82, 2.24) is 24.2 Å². The first-order valence-electron chi connectivity index (χ1n) is 9.63. The number of hydrogen-bond acceptors (Lipinski definition) is 6. The van der Waals surface area contributed by atoms with Gasteiger partial charge in [-0.1, -0.05) is 12.1 Å². The average Bonchev–Trinajstić information content (AvgIpc) is 3.38. The van der Waals surface area contributed by atoms with Crippen molar-refractivity contribution >= 4 is 16.8 Å². The lowest BCUT2D eigenvalue weighted by Gasteiger charge is -2.19. The first-order valence-corrected chi connectivity index (χ1v) is 9.63. The molecule has 2 fully saturated rings. The Morgan fingerprint density at radius 2 is 1.86 bits per heavy atom. The number of rotatable bonds is 3. The first kappa shape index (κ1) is 18.0. The largest absolute Gasteiger partial charge is 0.371 e. The Morgan fingerprint density at radius 3 is 2.59 bits per heavy atom. The van der Waals surface area contributed by atoms with Crippen molar-refractivity contribution in [2.45, 2.75) is 24.8 Å². The quantitative estimate of drug-likeness (QED) is 0.640. The van der Waals surface area contributed by atoms with Gasteiger partial charge in [0.25, 0.3) is 5.56 Å². The first-order chi connectivity index (χ1) is 14.2. The summed E-state index contributed by atoms with van der Waals surface area (Å²) in [7, 11) is 0. The predicted molar refractivity (Wildman–Crippen MR) is 103 cm³/mol. The molecule has 5 rings (SSSR count). The molecule has 2 atom stereocenters. The Morgan fingerprint density at radius 1 is 1.10 bits per heavy atom. The normalized spacial score (nSPS) is 22.6. The lowest BCUT2D eigenvalue weighted by molar-refractivity contribution is -0.131. The highest BCUT2D eigenvalue weighted by Crippen LogP contribution is 2.23. The molecule has 9 heteroatoms. The summed E-state index contributed by atoms with van der Waals surface area (Å²) in [6, 6.07) is 9.02. The van der Waals surface area contributed by atoms with Gasteiger partial charge < -0.3 is 14.4 Å². The van der Waals surface area contributed by atoms with E-state index < -0.39 is 0 Å². The molecule has 2 aromatic heterocycles. The van der Waals surface area contributed by atoms with Gasteiger partial charge >= 0.3 is 0 Å². The molecule has 0 aliphatic carbocycles. The van der Waals surface area contributed by atoms with Gasteiger partial charge in [-0.3, -0.25) is 18.8 Å². The van der Waals surface area contributed by atoms with Gasteiger partial charge in [-0.2, -0.15) is 5.10 Å². The van der Waals surface area contributed by atoms with Crippen LogP contribution in [0.1, 0.15) is 6.04 Å². The number of fused-ring (bicyclic) bond motifs is 2. The fourth-order valence-corrected chi connectivity index (χ4v) is 3.90. The van der Waals surface area contributed by atoms with E-state index in [1.807, 2.05) is 23.0 Å². The molecule has 9 nitrogen and oxygen atoms in total.